The quantitative estimate of drug-likeness (QED) is 0.596. The van der Waals surface area contributed by atoms with E-state index in [1.54, 1.807) is 13.2 Å². The van der Waals surface area contributed by atoms with Gasteiger partial charge in [0.25, 0.3) is 0 Å². The Bertz CT molecular complexity index is 632. The summed E-state index contributed by atoms with van der Waals surface area (Å²) in [6.45, 7) is 3.99. The van der Waals surface area contributed by atoms with Gasteiger partial charge in [0.1, 0.15) is 18.1 Å². The van der Waals surface area contributed by atoms with Crippen LogP contribution < -0.4 is 15.3 Å². The third-order valence-corrected chi connectivity index (χ3v) is 4.18. The number of aromatic nitrogens is 3. The van der Waals surface area contributed by atoms with Crippen LogP contribution in [-0.4, -0.2) is 27.7 Å². The number of methoxy groups -OCH3 is 1. The molecular formula is C13H15BrN4O2S. The summed E-state index contributed by atoms with van der Waals surface area (Å²) < 4.78 is 13.1. The fourth-order valence-electron chi connectivity index (χ4n) is 1.49. The first kappa shape index (κ1) is 15.7. The van der Waals surface area contributed by atoms with Gasteiger partial charge in [-0.15, -0.1) is 10.2 Å². The van der Waals surface area contributed by atoms with Gasteiger partial charge in [-0.25, -0.2) is 4.68 Å². The number of ether oxygens (including phenoxy) is 2. The highest BCUT2D eigenvalue weighted by molar-refractivity contribution is 9.11. The Balaban J connectivity index is 1.98. The van der Waals surface area contributed by atoms with E-state index < -0.39 is 0 Å². The fraction of sp³-hybridized carbons (Fsp3) is 0.231. The van der Waals surface area contributed by atoms with Crippen LogP contribution in [0.3, 0.4) is 0 Å². The van der Waals surface area contributed by atoms with E-state index in [-0.39, 0.29) is 6.61 Å². The minimum Gasteiger partial charge on any atom is -0.497 e. The van der Waals surface area contributed by atoms with E-state index in [1.807, 2.05) is 18.2 Å². The maximum atomic E-state index is 5.93. The summed E-state index contributed by atoms with van der Waals surface area (Å²) in [7, 11) is 1.61. The lowest BCUT2D eigenvalue weighted by atomic mass is 10.3. The number of hydrogen-bond donors (Lipinski definition) is 1. The monoisotopic (exact) mass is 370 g/mol. The first-order valence-electron chi connectivity index (χ1n) is 6.02. The van der Waals surface area contributed by atoms with Crippen molar-refractivity contribution in [2.75, 3.05) is 18.7 Å². The highest BCUT2D eigenvalue weighted by Gasteiger charge is 2.11. The number of nitrogens with two attached hydrogens (primary N) is 1. The van der Waals surface area contributed by atoms with Gasteiger partial charge >= 0.3 is 0 Å². The van der Waals surface area contributed by atoms with Crippen LogP contribution in [0.2, 0.25) is 0 Å². The Labute approximate surface area is 135 Å². The van der Waals surface area contributed by atoms with Crippen LogP contribution in [0, 0.1) is 0 Å². The van der Waals surface area contributed by atoms with E-state index >= 15 is 0 Å². The fourth-order valence-corrected chi connectivity index (χ4v) is 2.46. The van der Waals surface area contributed by atoms with Crippen molar-refractivity contribution in [1.82, 2.24) is 14.9 Å². The minimum absolute atomic E-state index is 0.229. The molecule has 1 aromatic carbocycles. The molecule has 0 atom stereocenters. The molecule has 8 heteroatoms. The molecule has 0 radical (unpaired) electrons. The lowest BCUT2D eigenvalue weighted by Gasteiger charge is -2.07. The first-order chi connectivity index (χ1) is 10.1. The van der Waals surface area contributed by atoms with Gasteiger partial charge in [-0.05, 0) is 16.6 Å². The summed E-state index contributed by atoms with van der Waals surface area (Å²) in [5.74, 6) is 8.56. The first-order valence-corrected chi connectivity index (χ1v) is 7.80. The number of nitrogen functional groups attached to an aromatic ring is 1. The van der Waals surface area contributed by atoms with E-state index in [0.717, 1.165) is 10.2 Å². The van der Waals surface area contributed by atoms with E-state index in [4.69, 9.17) is 15.3 Å². The molecule has 0 saturated carbocycles. The third-order valence-electron chi connectivity index (χ3n) is 2.50. The van der Waals surface area contributed by atoms with Crippen molar-refractivity contribution in [3.63, 3.8) is 0 Å². The van der Waals surface area contributed by atoms with Crippen molar-refractivity contribution in [2.45, 2.75) is 11.8 Å². The second-order valence-corrected chi connectivity index (χ2v) is 6.11. The van der Waals surface area contributed by atoms with Crippen molar-refractivity contribution in [3.05, 3.63) is 41.2 Å². The summed E-state index contributed by atoms with van der Waals surface area (Å²) in [4.78, 5) is 0. The van der Waals surface area contributed by atoms with Gasteiger partial charge in [0.15, 0.2) is 5.82 Å². The van der Waals surface area contributed by atoms with Crippen LogP contribution in [0.15, 0.2) is 40.5 Å². The number of rotatable bonds is 7. The molecule has 6 nitrogen and oxygen atoms in total. The molecule has 112 valence electrons. The predicted molar refractivity (Wildman–Crippen MR) is 86.3 cm³/mol. The smallest absolute Gasteiger partial charge is 0.210 e. The van der Waals surface area contributed by atoms with Gasteiger partial charge in [0.05, 0.1) is 7.11 Å². The van der Waals surface area contributed by atoms with E-state index in [9.17, 15) is 0 Å². The Morgan fingerprint density at radius 2 is 2.19 bits per heavy atom. The molecule has 21 heavy (non-hydrogen) atoms. The molecule has 2 rings (SSSR count). The lowest BCUT2D eigenvalue weighted by molar-refractivity contribution is 0.289. The van der Waals surface area contributed by atoms with E-state index in [1.165, 1.54) is 16.4 Å². The van der Waals surface area contributed by atoms with E-state index in [2.05, 4.69) is 32.7 Å². The maximum absolute atomic E-state index is 5.93. The van der Waals surface area contributed by atoms with Crippen molar-refractivity contribution in [3.8, 4) is 11.5 Å². The topological polar surface area (TPSA) is 75.2 Å². The molecule has 2 aromatic rings. The molecule has 1 aromatic heterocycles. The molecule has 0 fully saturated rings. The number of nitrogens with zero attached hydrogens (tertiary/aromatic N) is 3. The van der Waals surface area contributed by atoms with Crippen molar-refractivity contribution in [2.24, 2.45) is 0 Å². The molecule has 0 aliphatic carbocycles. The van der Waals surface area contributed by atoms with Crippen molar-refractivity contribution >= 4 is 27.7 Å². The Morgan fingerprint density at radius 3 is 2.90 bits per heavy atom. The van der Waals surface area contributed by atoms with Gasteiger partial charge in [-0.2, -0.15) is 0 Å². The zero-order valence-corrected chi connectivity index (χ0v) is 13.9. The maximum Gasteiger partial charge on any atom is 0.210 e. The molecule has 0 spiro atoms. The molecule has 0 aliphatic heterocycles. The minimum atomic E-state index is 0.229. The van der Waals surface area contributed by atoms with Crippen LogP contribution in [0.1, 0.15) is 5.82 Å². The third kappa shape index (κ3) is 4.40. The largest absolute Gasteiger partial charge is 0.497 e. The molecule has 0 amide bonds. The van der Waals surface area contributed by atoms with Gasteiger partial charge in [-0.3, -0.25) is 0 Å². The molecule has 0 saturated heterocycles. The summed E-state index contributed by atoms with van der Waals surface area (Å²) in [5, 5.41) is 8.65. The van der Waals surface area contributed by atoms with Gasteiger partial charge in [0.2, 0.25) is 5.16 Å². The van der Waals surface area contributed by atoms with Crippen LogP contribution in [0.25, 0.3) is 0 Å². The van der Waals surface area contributed by atoms with Crippen LogP contribution in [-0.2, 0) is 6.61 Å². The molecule has 0 unspecified atom stereocenters. The second kappa shape index (κ2) is 7.37. The van der Waals surface area contributed by atoms with Crippen LogP contribution >= 0.6 is 27.7 Å². The standard InChI is InChI=1S/C13H15BrN4O2S/c1-9(14)8-21-13-17-16-12(18(13)15)7-20-11-5-3-4-10(6-11)19-2/h3-6H,1,7-8,15H2,2H3. The predicted octanol–water partition coefficient (Wildman–Crippen LogP) is 2.58. The average Bonchev–Trinajstić information content (AvgIpc) is 2.83. The van der Waals surface area contributed by atoms with Gasteiger partial charge in [0, 0.05) is 11.8 Å². The van der Waals surface area contributed by atoms with Crippen molar-refractivity contribution in [1.29, 1.82) is 0 Å². The molecule has 2 N–H and O–H groups in total. The zero-order valence-electron chi connectivity index (χ0n) is 11.5. The Kier molecular flexibility index (Phi) is 5.51. The van der Waals surface area contributed by atoms with Gasteiger partial charge < -0.3 is 15.3 Å². The zero-order chi connectivity index (χ0) is 15.2. The summed E-state index contributed by atoms with van der Waals surface area (Å²) in [5.41, 5.74) is 0. The molecular weight excluding hydrogens is 356 g/mol. The SMILES string of the molecule is C=C(Br)CSc1nnc(COc2cccc(OC)c2)n1N. The molecule has 0 aliphatic rings. The second-order valence-electron chi connectivity index (χ2n) is 4.04. The molecule has 0 bridgehead atoms. The summed E-state index contributed by atoms with van der Waals surface area (Å²) >= 11 is 4.73. The summed E-state index contributed by atoms with van der Waals surface area (Å²) in [6, 6.07) is 7.33. The van der Waals surface area contributed by atoms with Crippen LogP contribution in [0.5, 0.6) is 11.5 Å². The van der Waals surface area contributed by atoms with E-state index in [0.29, 0.717) is 22.5 Å². The average molecular weight is 371 g/mol. The number of benzene rings is 1. The number of hydrogen-bond acceptors (Lipinski definition) is 6. The number of thioether (sulfide) groups is 1. The number of halogens is 1. The lowest BCUT2D eigenvalue weighted by Crippen LogP contribution is -2.15. The Morgan fingerprint density at radius 1 is 1.43 bits per heavy atom. The molecule has 1 heterocycles. The van der Waals surface area contributed by atoms with Crippen molar-refractivity contribution < 1.29 is 9.47 Å². The van der Waals surface area contributed by atoms with Crippen LogP contribution in [0.4, 0.5) is 0 Å². The normalized spacial score (nSPS) is 10.4. The Hall–Kier alpha value is -1.67. The highest BCUT2D eigenvalue weighted by atomic mass is 79.9. The highest BCUT2D eigenvalue weighted by Crippen LogP contribution is 2.21. The summed E-state index contributed by atoms with van der Waals surface area (Å²) in [6.07, 6.45) is 0. The van der Waals surface area contributed by atoms with Gasteiger partial charge in [-0.1, -0.05) is 40.3 Å².